The lowest BCUT2D eigenvalue weighted by Crippen LogP contribution is -2.43. The first-order chi connectivity index (χ1) is 13.2. The van der Waals surface area contributed by atoms with Gasteiger partial charge in [-0.15, -0.1) is 0 Å². The van der Waals surface area contributed by atoms with Crippen molar-refractivity contribution >= 4 is 5.91 Å². The van der Waals surface area contributed by atoms with E-state index in [-0.39, 0.29) is 23.6 Å². The van der Waals surface area contributed by atoms with Crippen LogP contribution in [0.25, 0.3) is 0 Å². The van der Waals surface area contributed by atoms with Gasteiger partial charge >= 0.3 is 0 Å². The van der Waals surface area contributed by atoms with Crippen LogP contribution in [0.1, 0.15) is 58.4 Å². The molecule has 1 aliphatic heterocycles. The third-order valence-corrected chi connectivity index (χ3v) is 5.47. The minimum Gasteiger partial charge on any atom is -0.504 e. The second kappa shape index (κ2) is 10.1. The molecule has 1 saturated heterocycles. The average Bonchev–Trinajstić information content (AvgIpc) is 2.63. The zero-order chi connectivity index (χ0) is 20.7. The Bertz CT molecular complexity index is 634. The first-order valence-electron chi connectivity index (χ1n) is 10.3. The molecule has 2 rings (SSSR count). The molecule has 0 spiro atoms. The molecule has 1 amide bonds. The molecule has 6 heteroatoms. The molecule has 1 aliphatic rings. The van der Waals surface area contributed by atoms with Crippen molar-refractivity contribution < 1.29 is 19.7 Å². The van der Waals surface area contributed by atoms with Crippen molar-refractivity contribution in [3.05, 3.63) is 23.8 Å². The van der Waals surface area contributed by atoms with Crippen LogP contribution in [0, 0.1) is 5.92 Å². The van der Waals surface area contributed by atoms with Crippen molar-refractivity contribution in [1.82, 2.24) is 10.2 Å². The maximum absolute atomic E-state index is 12.5. The molecule has 1 aromatic rings. The van der Waals surface area contributed by atoms with E-state index in [1.807, 2.05) is 32.9 Å². The number of phenolic OH excluding ortho intramolecular Hbond substituents is 1. The Balaban J connectivity index is 1.75. The van der Waals surface area contributed by atoms with Crippen molar-refractivity contribution in [2.75, 3.05) is 20.2 Å². The number of aromatic hydroxyl groups is 1. The van der Waals surface area contributed by atoms with E-state index in [0.717, 1.165) is 50.8 Å². The number of hydrogen-bond donors (Lipinski definition) is 3. The number of nitrogens with one attached hydrogen (secondary N) is 1. The predicted octanol–water partition coefficient (Wildman–Crippen LogP) is 3.06. The number of piperidine rings is 1. The number of nitrogens with zero attached hydrogens (tertiary/aromatic N) is 1. The zero-order valence-electron chi connectivity index (χ0n) is 17.7. The molecule has 6 nitrogen and oxygen atoms in total. The minimum atomic E-state index is -0.645. The van der Waals surface area contributed by atoms with Crippen molar-refractivity contribution in [1.29, 1.82) is 0 Å². The van der Waals surface area contributed by atoms with Gasteiger partial charge in [-0.1, -0.05) is 12.1 Å². The van der Waals surface area contributed by atoms with Crippen molar-refractivity contribution in [2.45, 2.75) is 71.1 Å². The lowest BCUT2D eigenvalue weighted by atomic mass is 9.94. The van der Waals surface area contributed by atoms with Crippen LogP contribution in [0.2, 0.25) is 0 Å². The first kappa shape index (κ1) is 22.5. The van der Waals surface area contributed by atoms with Gasteiger partial charge in [0.15, 0.2) is 11.5 Å². The van der Waals surface area contributed by atoms with Crippen molar-refractivity contribution in [2.24, 2.45) is 5.92 Å². The molecule has 0 aromatic heterocycles. The Morgan fingerprint density at radius 3 is 2.64 bits per heavy atom. The van der Waals surface area contributed by atoms with Gasteiger partial charge in [0.05, 0.1) is 12.7 Å². The van der Waals surface area contributed by atoms with Gasteiger partial charge in [-0.05, 0) is 72.0 Å². The fourth-order valence-electron chi connectivity index (χ4n) is 3.73. The largest absolute Gasteiger partial charge is 0.504 e. The molecule has 1 atom stereocenters. The van der Waals surface area contributed by atoms with Crippen LogP contribution in [0.4, 0.5) is 0 Å². The summed E-state index contributed by atoms with van der Waals surface area (Å²) in [6.07, 6.45) is 4.17. The highest BCUT2D eigenvalue weighted by Gasteiger charge is 2.26. The first-order valence-corrected chi connectivity index (χ1v) is 10.3. The predicted molar refractivity (Wildman–Crippen MR) is 110 cm³/mol. The van der Waals surface area contributed by atoms with E-state index in [1.165, 1.54) is 0 Å². The van der Waals surface area contributed by atoms with Crippen LogP contribution < -0.4 is 10.1 Å². The lowest BCUT2D eigenvalue weighted by molar-refractivity contribution is -0.127. The summed E-state index contributed by atoms with van der Waals surface area (Å²) < 4.78 is 5.17. The number of carbonyl (C=O) groups excluding carboxylic acids is 1. The second-order valence-corrected chi connectivity index (χ2v) is 8.63. The number of methoxy groups -OCH3 is 1. The number of para-hydroxylation sites is 1. The third kappa shape index (κ3) is 6.99. The molecule has 0 aliphatic carbocycles. The number of hydrogen-bond acceptors (Lipinski definition) is 5. The summed E-state index contributed by atoms with van der Waals surface area (Å²) in [5, 5.41) is 23.2. The summed E-state index contributed by atoms with van der Waals surface area (Å²) in [6, 6.07) is 5.67. The Hall–Kier alpha value is -1.79. The smallest absolute Gasteiger partial charge is 0.223 e. The van der Waals surface area contributed by atoms with E-state index in [0.29, 0.717) is 12.3 Å². The molecular weight excluding hydrogens is 356 g/mol. The Morgan fingerprint density at radius 1 is 1.36 bits per heavy atom. The highest BCUT2D eigenvalue weighted by Crippen LogP contribution is 2.31. The monoisotopic (exact) mass is 392 g/mol. The SMILES string of the molecule is COc1cccc(CN2CCC(C(=O)NC(C)CCCC(C)(C)O)CC2)c1O. The highest BCUT2D eigenvalue weighted by atomic mass is 16.5. The molecule has 28 heavy (non-hydrogen) atoms. The van der Waals surface area contributed by atoms with Gasteiger partial charge in [0.1, 0.15) is 0 Å². The average molecular weight is 393 g/mol. The summed E-state index contributed by atoms with van der Waals surface area (Å²) in [7, 11) is 1.55. The summed E-state index contributed by atoms with van der Waals surface area (Å²) in [4.78, 5) is 14.8. The van der Waals surface area contributed by atoms with Gasteiger partial charge in [0.2, 0.25) is 5.91 Å². The van der Waals surface area contributed by atoms with Gasteiger partial charge in [-0.25, -0.2) is 0 Å². The Kier molecular flexibility index (Phi) is 8.13. The number of phenols is 1. The highest BCUT2D eigenvalue weighted by molar-refractivity contribution is 5.79. The molecule has 1 aromatic carbocycles. The molecule has 0 saturated carbocycles. The van der Waals surface area contributed by atoms with E-state index < -0.39 is 5.60 Å². The topological polar surface area (TPSA) is 82.0 Å². The fraction of sp³-hybridized carbons (Fsp3) is 0.682. The van der Waals surface area contributed by atoms with Gasteiger partial charge in [-0.2, -0.15) is 0 Å². The van der Waals surface area contributed by atoms with Crippen LogP contribution in [-0.4, -0.2) is 52.9 Å². The van der Waals surface area contributed by atoms with Crippen LogP contribution in [-0.2, 0) is 11.3 Å². The fourth-order valence-corrected chi connectivity index (χ4v) is 3.73. The van der Waals surface area contributed by atoms with Gasteiger partial charge in [0.25, 0.3) is 0 Å². The maximum atomic E-state index is 12.5. The van der Waals surface area contributed by atoms with E-state index in [4.69, 9.17) is 4.74 Å². The van der Waals surface area contributed by atoms with E-state index >= 15 is 0 Å². The molecular formula is C22H36N2O4. The number of aliphatic hydroxyl groups is 1. The Morgan fingerprint density at radius 2 is 2.04 bits per heavy atom. The normalized spacial score (nSPS) is 17.3. The minimum absolute atomic E-state index is 0.0480. The van der Waals surface area contributed by atoms with Crippen LogP contribution in [0.3, 0.4) is 0 Å². The summed E-state index contributed by atoms with van der Waals surface area (Å²) in [5.74, 6) is 0.876. The number of rotatable bonds is 9. The summed E-state index contributed by atoms with van der Waals surface area (Å²) in [6.45, 7) is 7.99. The molecule has 1 heterocycles. The third-order valence-electron chi connectivity index (χ3n) is 5.47. The standard InChI is InChI=1S/C22H36N2O4/c1-16(7-6-12-22(2,3)27)23-21(26)17-10-13-24(14-11-17)15-18-8-5-9-19(28-4)20(18)25/h5,8-9,16-17,25,27H,6-7,10-15H2,1-4H3,(H,23,26). The van der Waals surface area contributed by atoms with Crippen LogP contribution in [0.5, 0.6) is 11.5 Å². The zero-order valence-corrected chi connectivity index (χ0v) is 17.7. The van der Waals surface area contributed by atoms with Crippen LogP contribution >= 0.6 is 0 Å². The number of benzene rings is 1. The molecule has 158 valence electrons. The quantitative estimate of drug-likeness (QED) is 0.602. The summed E-state index contributed by atoms with van der Waals surface area (Å²) >= 11 is 0. The van der Waals surface area contributed by atoms with Gasteiger partial charge in [0, 0.05) is 24.1 Å². The van der Waals surface area contributed by atoms with E-state index in [9.17, 15) is 15.0 Å². The van der Waals surface area contributed by atoms with E-state index in [1.54, 1.807) is 13.2 Å². The van der Waals surface area contributed by atoms with Crippen molar-refractivity contribution in [3.63, 3.8) is 0 Å². The lowest BCUT2D eigenvalue weighted by Gasteiger charge is -2.32. The molecule has 3 N–H and O–H groups in total. The maximum Gasteiger partial charge on any atom is 0.223 e. The molecule has 0 bridgehead atoms. The molecule has 1 fully saturated rings. The van der Waals surface area contributed by atoms with Crippen molar-refractivity contribution in [3.8, 4) is 11.5 Å². The molecule has 0 radical (unpaired) electrons. The second-order valence-electron chi connectivity index (χ2n) is 8.63. The summed E-state index contributed by atoms with van der Waals surface area (Å²) in [5.41, 5.74) is 0.205. The number of amides is 1. The van der Waals surface area contributed by atoms with E-state index in [2.05, 4.69) is 10.2 Å². The Labute approximate surface area is 168 Å². The number of likely N-dealkylation sites (tertiary alicyclic amines) is 1. The molecule has 1 unspecified atom stereocenters. The van der Waals surface area contributed by atoms with Gasteiger partial charge in [-0.3, -0.25) is 9.69 Å². The number of carbonyl (C=O) groups is 1. The van der Waals surface area contributed by atoms with Gasteiger partial charge < -0.3 is 20.3 Å². The number of ether oxygens (including phenoxy) is 1. The van der Waals surface area contributed by atoms with Crippen LogP contribution in [0.15, 0.2) is 18.2 Å².